The molecule has 3 rings (SSSR count). The lowest BCUT2D eigenvalue weighted by Crippen LogP contribution is -2.07. The van der Waals surface area contributed by atoms with Crippen LogP contribution >= 0.6 is 22.9 Å². The minimum absolute atomic E-state index is 0.121. The van der Waals surface area contributed by atoms with E-state index in [0.29, 0.717) is 21.0 Å². The van der Waals surface area contributed by atoms with Crippen molar-refractivity contribution in [1.29, 1.82) is 0 Å². The molecule has 2 aromatic carbocycles. The summed E-state index contributed by atoms with van der Waals surface area (Å²) in [4.78, 5) is 35.1. The van der Waals surface area contributed by atoms with Gasteiger partial charge in [0, 0.05) is 32.7 Å². The topological polar surface area (TPSA) is 60.4 Å². The first-order valence-electron chi connectivity index (χ1n) is 7.24. The van der Waals surface area contributed by atoms with Gasteiger partial charge in [0.15, 0.2) is 5.43 Å². The molecule has 3 aromatic rings. The van der Waals surface area contributed by atoms with Crippen molar-refractivity contribution in [2.24, 2.45) is 0 Å². The zero-order chi connectivity index (χ0) is 17.4. The van der Waals surface area contributed by atoms with E-state index in [-0.39, 0.29) is 11.4 Å². The molecular weight excluding hydrogens is 348 g/mol. The van der Waals surface area contributed by atoms with Crippen molar-refractivity contribution in [3.05, 3.63) is 57.7 Å². The normalized spacial score (nSPS) is 12.3. The highest BCUT2D eigenvalue weighted by Gasteiger charge is 2.13. The van der Waals surface area contributed by atoms with Gasteiger partial charge in [0.2, 0.25) is 0 Å². The summed E-state index contributed by atoms with van der Waals surface area (Å²) in [5.41, 5.74) is 0.998. The van der Waals surface area contributed by atoms with Gasteiger partial charge in [0.1, 0.15) is 6.10 Å². The van der Waals surface area contributed by atoms with Gasteiger partial charge in [-0.3, -0.25) is 14.4 Å². The maximum atomic E-state index is 12.7. The van der Waals surface area contributed by atoms with Crippen LogP contribution in [0.5, 0.6) is 0 Å². The van der Waals surface area contributed by atoms with Gasteiger partial charge in [0.05, 0.1) is 0 Å². The number of hydrogen-bond donors (Lipinski definition) is 0. The van der Waals surface area contributed by atoms with Gasteiger partial charge in [-0.05, 0) is 54.4 Å². The van der Waals surface area contributed by atoms with Gasteiger partial charge in [-0.15, -0.1) is 11.3 Å². The quantitative estimate of drug-likeness (QED) is 0.394. The zero-order valence-corrected chi connectivity index (χ0v) is 14.5. The second kappa shape index (κ2) is 6.34. The van der Waals surface area contributed by atoms with Gasteiger partial charge >= 0.3 is 5.97 Å². The number of carbonyl (C=O) groups is 2. The van der Waals surface area contributed by atoms with Crippen LogP contribution in [0.25, 0.3) is 20.2 Å². The molecule has 0 radical (unpaired) electrons. The van der Waals surface area contributed by atoms with Gasteiger partial charge < -0.3 is 4.74 Å². The zero-order valence-electron chi connectivity index (χ0n) is 13.0. The van der Waals surface area contributed by atoms with E-state index in [2.05, 4.69) is 0 Å². The molecule has 1 heterocycles. The number of ether oxygens (including phenoxy) is 1. The molecule has 0 fully saturated rings. The number of hydrogen-bond acceptors (Lipinski definition) is 5. The highest BCUT2D eigenvalue weighted by Crippen LogP contribution is 2.28. The second-order valence-corrected chi connectivity index (χ2v) is 6.85. The van der Waals surface area contributed by atoms with E-state index >= 15 is 0 Å². The predicted octanol–water partition coefficient (Wildman–Crippen LogP) is 4.42. The average Bonchev–Trinajstić information content (AvgIpc) is 2.53. The van der Waals surface area contributed by atoms with E-state index in [1.807, 2.05) is 12.1 Å². The standard InChI is InChI=1S/C18H13ClO4S/c1-9(23-10(2)20)11-4-6-15-14(7-11)17(21)13-5-3-12(18(19)22)8-16(13)24-15/h3-9H,1-2H3. The Kier molecular flexibility index (Phi) is 4.39. The molecule has 4 nitrogen and oxygen atoms in total. The fourth-order valence-corrected chi connectivity index (χ4v) is 3.77. The van der Waals surface area contributed by atoms with Crippen LogP contribution < -0.4 is 5.43 Å². The molecule has 0 saturated heterocycles. The Hall–Kier alpha value is -2.24. The second-order valence-electron chi connectivity index (χ2n) is 5.42. The average molecular weight is 361 g/mol. The summed E-state index contributed by atoms with van der Waals surface area (Å²) in [6, 6.07) is 10.2. The van der Waals surface area contributed by atoms with E-state index in [1.165, 1.54) is 18.3 Å². The lowest BCUT2D eigenvalue weighted by molar-refractivity contribution is -0.145. The number of esters is 1. The fraction of sp³-hybridized carbons (Fsp3) is 0.167. The van der Waals surface area contributed by atoms with Crippen molar-refractivity contribution < 1.29 is 14.3 Å². The smallest absolute Gasteiger partial charge is 0.303 e. The van der Waals surface area contributed by atoms with Crippen LogP contribution in [0.2, 0.25) is 0 Å². The minimum Gasteiger partial charge on any atom is -0.458 e. The van der Waals surface area contributed by atoms with Crippen LogP contribution in [0.15, 0.2) is 41.2 Å². The van der Waals surface area contributed by atoms with Crippen molar-refractivity contribution in [3.63, 3.8) is 0 Å². The van der Waals surface area contributed by atoms with Crippen molar-refractivity contribution in [2.45, 2.75) is 20.0 Å². The summed E-state index contributed by atoms with van der Waals surface area (Å²) in [6.45, 7) is 3.11. The molecule has 0 aliphatic carbocycles. The Morgan fingerprint density at radius 1 is 1.08 bits per heavy atom. The van der Waals surface area contributed by atoms with Gasteiger partial charge in [0.25, 0.3) is 5.24 Å². The summed E-state index contributed by atoms with van der Waals surface area (Å²) < 4.78 is 6.67. The highest BCUT2D eigenvalue weighted by molar-refractivity contribution is 7.24. The summed E-state index contributed by atoms with van der Waals surface area (Å²) in [5.74, 6) is -0.371. The number of rotatable bonds is 3. The largest absolute Gasteiger partial charge is 0.458 e. The van der Waals surface area contributed by atoms with Gasteiger partial charge in [-0.1, -0.05) is 6.07 Å². The van der Waals surface area contributed by atoms with Crippen molar-refractivity contribution >= 4 is 54.3 Å². The van der Waals surface area contributed by atoms with E-state index < -0.39 is 11.3 Å². The third kappa shape index (κ3) is 3.05. The molecule has 122 valence electrons. The Morgan fingerprint density at radius 2 is 1.83 bits per heavy atom. The maximum absolute atomic E-state index is 12.7. The monoisotopic (exact) mass is 360 g/mol. The molecule has 1 aromatic heterocycles. The lowest BCUT2D eigenvalue weighted by Gasteiger charge is -2.12. The number of carbonyl (C=O) groups excluding carboxylic acids is 2. The molecule has 0 saturated carbocycles. The Balaban J connectivity index is 2.20. The Bertz CT molecular complexity index is 1040. The van der Waals surface area contributed by atoms with Crippen LogP contribution in [0.4, 0.5) is 0 Å². The lowest BCUT2D eigenvalue weighted by atomic mass is 10.1. The minimum atomic E-state index is -0.554. The van der Waals surface area contributed by atoms with Gasteiger partial charge in [-0.2, -0.15) is 0 Å². The Morgan fingerprint density at radius 3 is 2.50 bits per heavy atom. The summed E-state index contributed by atoms with van der Waals surface area (Å²) in [5, 5.41) is 0.544. The number of fused-ring (bicyclic) bond motifs is 2. The van der Waals surface area contributed by atoms with Crippen LogP contribution in [0, 0.1) is 0 Å². The molecular formula is C18H13ClO4S. The van der Waals surface area contributed by atoms with Crippen LogP contribution in [-0.2, 0) is 9.53 Å². The first-order valence-corrected chi connectivity index (χ1v) is 8.44. The summed E-state index contributed by atoms with van der Waals surface area (Å²) in [7, 11) is 0. The summed E-state index contributed by atoms with van der Waals surface area (Å²) >= 11 is 6.92. The van der Waals surface area contributed by atoms with Crippen LogP contribution in [-0.4, -0.2) is 11.2 Å². The predicted molar refractivity (Wildman–Crippen MR) is 96.0 cm³/mol. The maximum Gasteiger partial charge on any atom is 0.303 e. The molecule has 1 unspecified atom stereocenters. The van der Waals surface area contributed by atoms with Crippen LogP contribution in [0.3, 0.4) is 0 Å². The molecule has 0 aliphatic rings. The molecule has 6 heteroatoms. The highest BCUT2D eigenvalue weighted by atomic mass is 35.5. The van der Waals surface area contributed by atoms with Gasteiger partial charge in [-0.25, -0.2) is 0 Å². The first-order chi connectivity index (χ1) is 11.4. The van der Waals surface area contributed by atoms with E-state index in [4.69, 9.17) is 16.3 Å². The Labute approximate surface area is 146 Å². The van der Waals surface area contributed by atoms with Crippen molar-refractivity contribution in [1.82, 2.24) is 0 Å². The molecule has 0 amide bonds. The van der Waals surface area contributed by atoms with Crippen molar-refractivity contribution in [2.75, 3.05) is 0 Å². The molecule has 0 bridgehead atoms. The molecule has 0 spiro atoms. The third-order valence-electron chi connectivity index (χ3n) is 3.73. The van der Waals surface area contributed by atoms with E-state index in [9.17, 15) is 14.4 Å². The molecule has 0 N–H and O–H groups in total. The fourth-order valence-electron chi connectivity index (χ4n) is 2.56. The third-order valence-corrected chi connectivity index (χ3v) is 5.09. The first kappa shape index (κ1) is 16.6. The van der Waals surface area contributed by atoms with E-state index in [0.717, 1.165) is 10.3 Å². The van der Waals surface area contributed by atoms with Crippen LogP contribution in [0.1, 0.15) is 35.9 Å². The molecule has 24 heavy (non-hydrogen) atoms. The number of halogens is 1. The molecule has 0 aliphatic heterocycles. The number of benzene rings is 2. The summed E-state index contributed by atoms with van der Waals surface area (Å²) in [6.07, 6.45) is -0.428. The van der Waals surface area contributed by atoms with E-state index in [1.54, 1.807) is 31.2 Å². The van der Waals surface area contributed by atoms with Crippen molar-refractivity contribution in [3.8, 4) is 0 Å². The molecule has 1 atom stereocenters. The SMILES string of the molecule is CC(=O)OC(C)c1ccc2sc3cc(C(=O)Cl)ccc3c(=O)c2c1.